The quantitative estimate of drug-likeness (QED) is 0.219. The zero-order chi connectivity index (χ0) is 26.9. The van der Waals surface area contributed by atoms with Crippen LogP contribution in [0.5, 0.6) is 17.2 Å². The molecule has 0 spiro atoms. The number of anilines is 1. The summed E-state index contributed by atoms with van der Waals surface area (Å²) in [5.74, 6) is -3.52. The number of Topliss-reactive ketones (excluding diaryl/α,β-unsaturated/α-hetero) is 1. The van der Waals surface area contributed by atoms with Crippen LogP contribution in [0, 0.1) is 11.6 Å². The van der Waals surface area contributed by atoms with Crippen molar-refractivity contribution < 1.29 is 37.7 Å². The van der Waals surface area contributed by atoms with Crippen molar-refractivity contribution in [2.75, 3.05) is 25.7 Å². The molecule has 192 valence electrons. The van der Waals surface area contributed by atoms with Gasteiger partial charge in [0.25, 0.3) is 11.7 Å². The Morgan fingerprint density at radius 2 is 1.65 bits per heavy atom. The molecule has 1 unspecified atom stereocenters. The molecule has 37 heavy (non-hydrogen) atoms. The summed E-state index contributed by atoms with van der Waals surface area (Å²) in [7, 11) is 2.94. The topological polar surface area (TPSA) is 85.3 Å². The van der Waals surface area contributed by atoms with Crippen molar-refractivity contribution in [3.8, 4) is 17.2 Å². The molecule has 7 nitrogen and oxygen atoms in total. The lowest BCUT2D eigenvalue weighted by Crippen LogP contribution is -2.29. The molecule has 1 atom stereocenters. The lowest BCUT2D eigenvalue weighted by atomic mass is 9.94. The Hall–Kier alpha value is -3.92. The molecular formula is C27H22BrF2NO6. The molecule has 10 heteroatoms. The van der Waals surface area contributed by atoms with Crippen molar-refractivity contribution in [3.05, 3.63) is 87.4 Å². The number of ketones is 1. The molecule has 3 aromatic rings. The van der Waals surface area contributed by atoms with Gasteiger partial charge in [0.1, 0.15) is 11.5 Å². The number of methoxy groups -OCH3 is 2. The highest BCUT2D eigenvalue weighted by Gasteiger charge is 2.47. The number of rotatable bonds is 7. The van der Waals surface area contributed by atoms with Gasteiger partial charge in [-0.1, -0.05) is 6.07 Å². The normalized spacial score (nSPS) is 16.7. The van der Waals surface area contributed by atoms with Gasteiger partial charge in [0, 0.05) is 17.3 Å². The van der Waals surface area contributed by atoms with Crippen LogP contribution < -0.4 is 19.1 Å². The molecule has 1 fully saturated rings. The van der Waals surface area contributed by atoms with Gasteiger partial charge in [0.15, 0.2) is 23.1 Å². The van der Waals surface area contributed by atoms with Crippen molar-refractivity contribution >= 4 is 39.1 Å². The summed E-state index contributed by atoms with van der Waals surface area (Å²) < 4.78 is 44.6. The number of halogens is 3. The van der Waals surface area contributed by atoms with Gasteiger partial charge in [0.05, 0.1) is 36.9 Å². The second-order valence-corrected chi connectivity index (χ2v) is 8.81. The van der Waals surface area contributed by atoms with Crippen molar-refractivity contribution in [1.82, 2.24) is 0 Å². The molecule has 0 bridgehead atoms. The van der Waals surface area contributed by atoms with E-state index in [-0.39, 0.29) is 16.8 Å². The minimum atomic E-state index is -1.19. The zero-order valence-electron chi connectivity index (χ0n) is 20.1. The van der Waals surface area contributed by atoms with Crippen LogP contribution in [0.1, 0.15) is 24.1 Å². The number of carbonyl (C=O) groups is 2. The summed E-state index contributed by atoms with van der Waals surface area (Å²) in [6.45, 7) is 2.09. The summed E-state index contributed by atoms with van der Waals surface area (Å²) in [4.78, 5) is 27.6. The number of benzene rings is 3. The summed E-state index contributed by atoms with van der Waals surface area (Å²) in [6.07, 6.45) is 0. The van der Waals surface area contributed by atoms with Crippen LogP contribution in [-0.2, 0) is 9.59 Å². The Morgan fingerprint density at radius 3 is 2.27 bits per heavy atom. The molecule has 0 radical (unpaired) electrons. The first kappa shape index (κ1) is 26.2. The third-order valence-corrected chi connectivity index (χ3v) is 6.47. The third kappa shape index (κ3) is 4.76. The standard InChI is InChI=1S/C27H22BrF2NO6/c1-4-37-22-12-14(5-10-21(22)36-3)24-23(25(32)15-6-9-20(35-2)17(28)11-15)26(33)27(34)31(24)16-7-8-18(29)19(30)13-16/h5-13,24,32H,4H2,1-3H3/b25-23+. The van der Waals surface area contributed by atoms with E-state index in [2.05, 4.69) is 15.9 Å². The fraction of sp³-hybridized carbons (Fsp3) is 0.185. The second-order valence-electron chi connectivity index (χ2n) is 7.96. The fourth-order valence-electron chi connectivity index (χ4n) is 4.15. The van der Waals surface area contributed by atoms with Gasteiger partial charge < -0.3 is 19.3 Å². The Balaban J connectivity index is 1.97. The molecule has 1 amide bonds. The molecular weight excluding hydrogens is 552 g/mol. The summed E-state index contributed by atoms with van der Waals surface area (Å²) in [5.41, 5.74) is 0.316. The lowest BCUT2D eigenvalue weighted by molar-refractivity contribution is -0.132. The number of hydrogen-bond donors (Lipinski definition) is 1. The molecule has 0 aromatic heterocycles. The van der Waals surface area contributed by atoms with Gasteiger partial charge in [0.2, 0.25) is 0 Å². The number of nitrogens with zero attached hydrogens (tertiary/aromatic N) is 1. The summed E-state index contributed by atoms with van der Waals surface area (Å²) in [5, 5.41) is 11.3. The van der Waals surface area contributed by atoms with E-state index in [1.54, 1.807) is 31.2 Å². The van der Waals surface area contributed by atoms with Crippen LogP contribution >= 0.6 is 15.9 Å². The van der Waals surface area contributed by atoms with Gasteiger partial charge in [-0.2, -0.15) is 0 Å². The molecule has 0 saturated carbocycles. The van der Waals surface area contributed by atoms with Gasteiger partial charge in [-0.15, -0.1) is 0 Å². The Bertz CT molecular complexity index is 1420. The van der Waals surface area contributed by atoms with Gasteiger partial charge >= 0.3 is 0 Å². The largest absolute Gasteiger partial charge is 0.507 e. The second kappa shape index (κ2) is 10.6. The highest BCUT2D eigenvalue weighted by Crippen LogP contribution is 2.44. The number of aliphatic hydroxyl groups is 1. The van der Waals surface area contributed by atoms with E-state index in [0.717, 1.165) is 17.0 Å². The van der Waals surface area contributed by atoms with Crippen molar-refractivity contribution in [3.63, 3.8) is 0 Å². The Kier molecular flexibility index (Phi) is 7.49. The number of hydrogen-bond acceptors (Lipinski definition) is 6. The SMILES string of the molecule is CCOc1cc(C2/C(=C(\O)c3ccc(OC)c(Br)c3)C(=O)C(=O)N2c2ccc(F)c(F)c2)ccc1OC. The monoisotopic (exact) mass is 573 g/mol. The van der Waals surface area contributed by atoms with E-state index in [1.807, 2.05) is 0 Å². The van der Waals surface area contributed by atoms with Gasteiger partial charge in [-0.3, -0.25) is 14.5 Å². The molecule has 1 heterocycles. The molecule has 1 aliphatic heterocycles. The van der Waals surface area contributed by atoms with Crippen molar-refractivity contribution in [1.29, 1.82) is 0 Å². The number of carbonyl (C=O) groups excluding carboxylic acids is 2. The van der Waals surface area contributed by atoms with Crippen LogP contribution in [0.15, 0.2) is 64.6 Å². The van der Waals surface area contributed by atoms with Crippen molar-refractivity contribution in [2.24, 2.45) is 0 Å². The van der Waals surface area contributed by atoms with E-state index in [9.17, 15) is 23.5 Å². The van der Waals surface area contributed by atoms with Crippen LogP contribution in [0.25, 0.3) is 5.76 Å². The van der Waals surface area contributed by atoms with Crippen molar-refractivity contribution in [2.45, 2.75) is 13.0 Å². The predicted molar refractivity (Wildman–Crippen MR) is 136 cm³/mol. The average molecular weight is 574 g/mol. The molecule has 1 aliphatic rings. The maximum atomic E-state index is 14.2. The van der Waals surface area contributed by atoms with E-state index in [1.165, 1.54) is 32.4 Å². The van der Waals surface area contributed by atoms with Gasteiger partial charge in [-0.05, 0) is 70.9 Å². The lowest BCUT2D eigenvalue weighted by Gasteiger charge is -2.26. The zero-order valence-corrected chi connectivity index (χ0v) is 21.6. The first-order valence-electron chi connectivity index (χ1n) is 11.1. The average Bonchev–Trinajstić information content (AvgIpc) is 3.15. The van der Waals surface area contributed by atoms with Crippen LogP contribution in [0.2, 0.25) is 0 Å². The Labute approximate surface area is 220 Å². The maximum absolute atomic E-state index is 14.2. The number of aliphatic hydroxyl groups excluding tert-OH is 1. The summed E-state index contributed by atoms with van der Waals surface area (Å²) in [6, 6.07) is 11.1. The van der Waals surface area contributed by atoms with E-state index < -0.39 is 35.1 Å². The predicted octanol–water partition coefficient (Wildman–Crippen LogP) is 5.77. The smallest absolute Gasteiger partial charge is 0.300 e. The van der Waals surface area contributed by atoms with Crippen LogP contribution in [0.3, 0.4) is 0 Å². The summed E-state index contributed by atoms with van der Waals surface area (Å²) >= 11 is 3.35. The first-order chi connectivity index (χ1) is 17.7. The maximum Gasteiger partial charge on any atom is 0.300 e. The minimum absolute atomic E-state index is 0.0604. The number of ether oxygens (including phenoxy) is 3. The van der Waals surface area contributed by atoms with E-state index in [4.69, 9.17) is 14.2 Å². The highest BCUT2D eigenvalue weighted by molar-refractivity contribution is 9.10. The van der Waals surface area contributed by atoms with Crippen LogP contribution in [-0.4, -0.2) is 37.6 Å². The number of amides is 1. The fourth-order valence-corrected chi connectivity index (χ4v) is 4.69. The molecule has 1 saturated heterocycles. The van der Waals surface area contributed by atoms with E-state index in [0.29, 0.717) is 33.9 Å². The first-order valence-corrected chi connectivity index (χ1v) is 11.9. The molecule has 0 aliphatic carbocycles. The highest BCUT2D eigenvalue weighted by atomic mass is 79.9. The Morgan fingerprint density at radius 1 is 0.946 bits per heavy atom. The van der Waals surface area contributed by atoms with Gasteiger partial charge in [-0.25, -0.2) is 8.78 Å². The molecule has 4 rings (SSSR count). The van der Waals surface area contributed by atoms with E-state index >= 15 is 0 Å². The van der Waals surface area contributed by atoms with Crippen LogP contribution in [0.4, 0.5) is 14.5 Å². The minimum Gasteiger partial charge on any atom is -0.507 e. The third-order valence-electron chi connectivity index (χ3n) is 5.85. The molecule has 1 N–H and O–H groups in total. The molecule has 3 aromatic carbocycles.